The first-order chi connectivity index (χ1) is 7.24. The molecular weight excluding hydrogens is 188 g/mol. The molecule has 0 aliphatic heterocycles. The molecule has 0 amide bonds. The van der Waals surface area contributed by atoms with Crippen LogP contribution >= 0.6 is 0 Å². The van der Waals surface area contributed by atoms with Gasteiger partial charge < -0.3 is 9.47 Å². The molecule has 0 aliphatic rings. The summed E-state index contributed by atoms with van der Waals surface area (Å²) in [6, 6.07) is 10.2. The molecule has 0 radical (unpaired) electrons. The average molecular weight is 208 g/mol. The molecule has 0 bridgehead atoms. The third-order valence-corrected chi connectivity index (χ3v) is 2.67. The van der Waals surface area contributed by atoms with Gasteiger partial charge in [-0.25, -0.2) is 0 Å². The number of methoxy groups -OCH3 is 1. The van der Waals surface area contributed by atoms with Crippen LogP contribution in [0.2, 0.25) is 0 Å². The molecule has 1 rings (SSSR count). The molecular formula is C13H20O2. The SMILES string of the molecule is CO[C@@H](C)[C@H](C)COCc1ccccc1. The third kappa shape index (κ3) is 4.45. The second-order valence-electron chi connectivity index (χ2n) is 3.92. The van der Waals surface area contributed by atoms with Crippen molar-refractivity contribution in [2.24, 2.45) is 5.92 Å². The van der Waals surface area contributed by atoms with E-state index in [9.17, 15) is 0 Å². The Labute approximate surface area is 92.2 Å². The smallest absolute Gasteiger partial charge is 0.0717 e. The molecule has 0 spiro atoms. The lowest BCUT2D eigenvalue weighted by molar-refractivity contribution is 0.0132. The van der Waals surface area contributed by atoms with E-state index >= 15 is 0 Å². The van der Waals surface area contributed by atoms with E-state index in [0.717, 1.165) is 6.61 Å². The summed E-state index contributed by atoms with van der Waals surface area (Å²) in [5.41, 5.74) is 1.22. The number of rotatable bonds is 6. The Morgan fingerprint density at radius 1 is 1.13 bits per heavy atom. The number of benzene rings is 1. The van der Waals surface area contributed by atoms with Gasteiger partial charge in [0.2, 0.25) is 0 Å². The van der Waals surface area contributed by atoms with Crippen LogP contribution in [0.4, 0.5) is 0 Å². The quantitative estimate of drug-likeness (QED) is 0.715. The van der Waals surface area contributed by atoms with Crippen LogP contribution in [-0.2, 0) is 16.1 Å². The molecule has 15 heavy (non-hydrogen) atoms. The summed E-state index contributed by atoms with van der Waals surface area (Å²) in [7, 11) is 1.73. The predicted octanol–water partition coefficient (Wildman–Crippen LogP) is 2.87. The molecule has 1 aromatic carbocycles. The van der Waals surface area contributed by atoms with Crippen LogP contribution in [0.1, 0.15) is 19.4 Å². The van der Waals surface area contributed by atoms with Gasteiger partial charge in [-0.05, 0) is 12.5 Å². The monoisotopic (exact) mass is 208 g/mol. The Morgan fingerprint density at radius 3 is 2.40 bits per heavy atom. The number of hydrogen-bond acceptors (Lipinski definition) is 2. The summed E-state index contributed by atoms with van der Waals surface area (Å²) in [5, 5.41) is 0. The normalized spacial score (nSPS) is 14.9. The van der Waals surface area contributed by atoms with Gasteiger partial charge in [-0.1, -0.05) is 37.3 Å². The lowest BCUT2D eigenvalue weighted by Gasteiger charge is -2.18. The van der Waals surface area contributed by atoms with Crippen LogP contribution < -0.4 is 0 Å². The highest BCUT2D eigenvalue weighted by Gasteiger charge is 2.10. The largest absolute Gasteiger partial charge is 0.381 e. The van der Waals surface area contributed by atoms with Crippen molar-refractivity contribution in [2.45, 2.75) is 26.6 Å². The zero-order chi connectivity index (χ0) is 11.1. The lowest BCUT2D eigenvalue weighted by atomic mass is 10.1. The highest BCUT2D eigenvalue weighted by Crippen LogP contribution is 2.08. The summed E-state index contributed by atoms with van der Waals surface area (Å²) in [6.07, 6.45) is 0.251. The molecule has 2 nitrogen and oxygen atoms in total. The van der Waals surface area contributed by atoms with Crippen molar-refractivity contribution in [3.63, 3.8) is 0 Å². The Balaban J connectivity index is 2.22. The molecule has 0 saturated carbocycles. The molecule has 0 aliphatic carbocycles. The summed E-state index contributed by atoms with van der Waals surface area (Å²) in [4.78, 5) is 0. The van der Waals surface area contributed by atoms with Crippen molar-refractivity contribution in [2.75, 3.05) is 13.7 Å². The first-order valence-electron chi connectivity index (χ1n) is 5.38. The summed E-state index contributed by atoms with van der Waals surface area (Å²) < 4.78 is 10.9. The van der Waals surface area contributed by atoms with Gasteiger partial charge >= 0.3 is 0 Å². The Kier molecular flexibility index (Phi) is 5.37. The van der Waals surface area contributed by atoms with E-state index in [0.29, 0.717) is 12.5 Å². The van der Waals surface area contributed by atoms with Crippen LogP contribution in [0.25, 0.3) is 0 Å². The number of ether oxygens (including phenoxy) is 2. The van der Waals surface area contributed by atoms with Crippen LogP contribution in [0.15, 0.2) is 30.3 Å². The summed E-state index contributed by atoms with van der Waals surface area (Å²) >= 11 is 0. The van der Waals surface area contributed by atoms with Crippen molar-refractivity contribution in [3.8, 4) is 0 Å². The molecule has 0 fully saturated rings. The molecule has 2 atom stereocenters. The standard InChI is InChI=1S/C13H20O2/c1-11(12(2)14-3)9-15-10-13-7-5-4-6-8-13/h4-8,11-12H,9-10H2,1-3H3/t11-,12+/m1/s1. The van der Waals surface area contributed by atoms with Gasteiger partial charge in [-0.2, -0.15) is 0 Å². The average Bonchev–Trinajstić information content (AvgIpc) is 2.29. The van der Waals surface area contributed by atoms with Crippen LogP contribution in [0.3, 0.4) is 0 Å². The molecule has 0 unspecified atom stereocenters. The molecule has 0 aromatic heterocycles. The van der Waals surface area contributed by atoms with Gasteiger partial charge in [0.25, 0.3) is 0 Å². The fourth-order valence-electron chi connectivity index (χ4n) is 1.30. The minimum absolute atomic E-state index is 0.251. The van der Waals surface area contributed by atoms with E-state index in [1.165, 1.54) is 5.56 Å². The van der Waals surface area contributed by atoms with E-state index in [1.54, 1.807) is 7.11 Å². The van der Waals surface area contributed by atoms with Gasteiger partial charge in [-0.3, -0.25) is 0 Å². The molecule has 84 valence electrons. The van der Waals surface area contributed by atoms with Gasteiger partial charge in [0.1, 0.15) is 0 Å². The first kappa shape index (κ1) is 12.2. The third-order valence-electron chi connectivity index (χ3n) is 2.67. The first-order valence-corrected chi connectivity index (χ1v) is 5.38. The minimum Gasteiger partial charge on any atom is -0.381 e. The van der Waals surface area contributed by atoms with Crippen molar-refractivity contribution in [1.29, 1.82) is 0 Å². The van der Waals surface area contributed by atoms with Gasteiger partial charge in [-0.15, -0.1) is 0 Å². The maximum atomic E-state index is 5.62. The minimum atomic E-state index is 0.251. The molecule has 0 saturated heterocycles. The van der Waals surface area contributed by atoms with Crippen LogP contribution in [-0.4, -0.2) is 19.8 Å². The second kappa shape index (κ2) is 6.59. The molecule has 0 N–H and O–H groups in total. The van der Waals surface area contributed by atoms with Crippen molar-refractivity contribution in [1.82, 2.24) is 0 Å². The second-order valence-corrected chi connectivity index (χ2v) is 3.92. The highest BCUT2D eigenvalue weighted by atomic mass is 16.5. The fraction of sp³-hybridized carbons (Fsp3) is 0.538. The van der Waals surface area contributed by atoms with E-state index in [1.807, 2.05) is 18.2 Å². The summed E-state index contributed by atoms with van der Waals surface area (Å²) in [5.74, 6) is 0.429. The zero-order valence-electron chi connectivity index (χ0n) is 9.77. The maximum absolute atomic E-state index is 5.62. The Bertz CT molecular complexity index is 258. The lowest BCUT2D eigenvalue weighted by Crippen LogP contribution is -2.21. The van der Waals surface area contributed by atoms with Crippen molar-refractivity contribution >= 4 is 0 Å². The molecule has 2 heteroatoms. The van der Waals surface area contributed by atoms with E-state index in [4.69, 9.17) is 9.47 Å². The fourth-order valence-corrected chi connectivity index (χ4v) is 1.30. The van der Waals surface area contributed by atoms with Crippen molar-refractivity contribution in [3.05, 3.63) is 35.9 Å². The van der Waals surface area contributed by atoms with Gasteiger partial charge in [0.05, 0.1) is 19.3 Å². The van der Waals surface area contributed by atoms with Gasteiger partial charge in [0.15, 0.2) is 0 Å². The van der Waals surface area contributed by atoms with E-state index in [-0.39, 0.29) is 6.10 Å². The highest BCUT2D eigenvalue weighted by molar-refractivity contribution is 5.13. The van der Waals surface area contributed by atoms with Crippen LogP contribution in [0.5, 0.6) is 0 Å². The predicted molar refractivity (Wildman–Crippen MR) is 61.7 cm³/mol. The zero-order valence-corrected chi connectivity index (χ0v) is 9.77. The Hall–Kier alpha value is -0.860. The van der Waals surface area contributed by atoms with Gasteiger partial charge in [0, 0.05) is 13.0 Å². The van der Waals surface area contributed by atoms with E-state index < -0.39 is 0 Å². The van der Waals surface area contributed by atoms with E-state index in [2.05, 4.69) is 26.0 Å². The molecule has 0 heterocycles. The molecule has 1 aromatic rings. The topological polar surface area (TPSA) is 18.5 Å². The Morgan fingerprint density at radius 2 is 1.80 bits per heavy atom. The maximum Gasteiger partial charge on any atom is 0.0717 e. The summed E-state index contributed by atoms with van der Waals surface area (Å²) in [6.45, 7) is 5.63. The van der Waals surface area contributed by atoms with Crippen molar-refractivity contribution < 1.29 is 9.47 Å². The number of hydrogen-bond donors (Lipinski definition) is 0. The van der Waals surface area contributed by atoms with Crippen LogP contribution in [0, 0.1) is 5.92 Å².